The molecule has 1 saturated heterocycles. The number of carbonyl (C=O) groups excluding carboxylic acids is 1. The van der Waals surface area contributed by atoms with E-state index < -0.39 is 12.0 Å². The molecule has 4 N–H and O–H groups in total. The lowest BCUT2D eigenvalue weighted by Crippen LogP contribution is -2.53. The van der Waals surface area contributed by atoms with Crippen LogP contribution in [0.15, 0.2) is 0 Å². The predicted molar refractivity (Wildman–Crippen MR) is 53.6 cm³/mol. The van der Waals surface area contributed by atoms with Crippen LogP contribution in [0.2, 0.25) is 0 Å². The summed E-state index contributed by atoms with van der Waals surface area (Å²) in [6.45, 7) is 6.02. The third-order valence-electron chi connectivity index (χ3n) is 2.20. The number of nitrogens with zero attached hydrogens (tertiary/aromatic N) is 1. The first-order valence-electron chi connectivity index (χ1n) is 4.91. The van der Waals surface area contributed by atoms with Crippen molar-refractivity contribution in [2.45, 2.75) is 32.1 Å². The van der Waals surface area contributed by atoms with E-state index in [1.54, 1.807) is 0 Å². The zero-order valence-corrected chi connectivity index (χ0v) is 8.77. The number of nitrogens with two attached hydrogens (primary N) is 2. The van der Waals surface area contributed by atoms with Crippen molar-refractivity contribution in [3.8, 4) is 0 Å². The van der Waals surface area contributed by atoms with Gasteiger partial charge in [0, 0.05) is 25.7 Å². The SMILES string of the molecule is CC(N)CN1CC(C(N)=O)O[C@H](C)C1. The van der Waals surface area contributed by atoms with Crippen molar-refractivity contribution in [1.82, 2.24) is 4.90 Å². The van der Waals surface area contributed by atoms with E-state index in [0.29, 0.717) is 6.54 Å². The molecule has 1 aliphatic heterocycles. The van der Waals surface area contributed by atoms with Gasteiger partial charge in [0.2, 0.25) is 5.91 Å². The van der Waals surface area contributed by atoms with E-state index in [4.69, 9.17) is 16.2 Å². The van der Waals surface area contributed by atoms with Crippen molar-refractivity contribution < 1.29 is 9.53 Å². The molecule has 0 aromatic heterocycles. The van der Waals surface area contributed by atoms with Crippen LogP contribution < -0.4 is 11.5 Å². The number of carbonyl (C=O) groups is 1. The molecule has 0 aliphatic carbocycles. The van der Waals surface area contributed by atoms with Gasteiger partial charge in [0.1, 0.15) is 6.10 Å². The molecule has 1 heterocycles. The average Bonchev–Trinajstić information content (AvgIpc) is 2.01. The van der Waals surface area contributed by atoms with Crippen LogP contribution in [0.3, 0.4) is 0 Å². The highest BCUT2D eigenvalue weighted by molar-refractivity contribution is 5.79. The molecule has 82 valence electrons. The summed E-state index contributed by atoms with van der Waals surface area (Å²) in [6.07, 6.45) is -0.447. The largest absolute Gasteiger partial charge is 0.367 e. The number of hydrogen-bond acceptors (Lipinski definition) is 4. The third kappa shape index (κ3) is 3.25. The Kier molecular flexibility index (Phi) is 3.86. The fraction of sp³-hybridized carbons (Fsp3) is 0.889. The second kappa shape index (κ2) is 4.72. The molecular formula is C9H19N3O2. The zero-order valence-electron chi connectivity index (χ0n) is 8.77. The number of primary amides is 1. The van der Waals surface area contributed by atoms with Gasteiger partial charge in [-0.25, -0.2) is 0 Å². The maximum atomic E-state index is 11.0. The Labute approximate surface area is 84.4 Å². The van der Waals surface area contributed by atoms with Gasteiger partial charge in [-0.1, -0.05) is 0 Å². The van der Waals surface area contributed by atoms with Gasteiger partial charge >= 0.3 is 0 Å². The van der Waals surface area contributed by atoms with Crippen molar-refractivity contribution in [3.63, 3.8) is 0 Å². The number of ether oxygens (including phenoxy) is 1. The molecule has 1 amide bonds. The van der Waals surface area contributed by atoms with Crippen LogP contribution in [0.4, 0.5) is 0 Å². The van der Waals surface area contributed by atoms with Crippen molar-refractivity contribution in [2.24, 2.45) is 11.5 Å². The fourth-order valence-electron chi connectivity index (χ4n) is 1.75. The highest BCUT2D eigenvalue weighted by atomic mass is 16.5. The zero-order chi connectivity index (χ0) is 10.7. The summed E-state index contributed by atoms with van der Waals surface area (Å²) in [4.78, 5) is 13.1. The van der Waals surface area contributed by atoms with Gasteiger partial charge < -0.3 is 16.2 Å². The van der Waals surface area contributed by atoms with Crippen molar-refractivity contribution in [3.05, 3.63) is 0 Å². The highest BCUT2D eigenvalue weighted by Crippen LogP contribution is 2.10. The lowest BCUT2D eigenvalue weighted by molar-refractivity contribution is -0.142. The summed E-state index contributed by atoms with van der Waals surface area (Å²) < 4.78 is 5.40. The molecule has 0 bridgehead atoms. The van der Waals surface area contributed by atoms with Gasteiger partial charge in [-0.05, 0) is 13.8 Å². The van der Waals surface area contributed by atoms with E-state index >= 15 is 0 Å². The molecule has 1 rings (SSSR count). The van der Waals surface area contributed by atoms with Crippen molar-refractivity contribution in [1.29, 1.82) is 0 Å². The minimum atomic E-state index is -0.488. The predicted octanol–water partition coefficient (Wildman–Crippen LogP) is -1.09. The fourth-order valence-corrected chi connectivity index (χ4v) is 1.75. The first kappa shape index (κ1) is 11.4. The van der Waals surface area contributed by atoms with Gasteiger partial charge in [0.15, 0.2) is 0 Å². The molecule has 5 heteroatoms. The molecule has 0 aromatic carbocycles. The normalized spacial score (nSPS) is 31.4. The first-order chi connectivity index (χ1) is 6.49. The highest BCUT2D eigenvalue weighted by Gasteiger charge is 2.28. The second-order valence-electron chi connectivity index (χ2n) is 4.03. The number of morpholine rings is 1. The molecule has 5 nitrogen and oxygen atoms in total. The maximum Gasteiger partial charge on any atom is 0.247 e. The number of amides is 1. The summed E-state index contributed by atoms with van der Waals surface area (Å²) in [6, 6.07) is 0.105. The topological polar surface area (TPSA) is 81.6 Å². The summed E-state index contributed by atoms with van der Waals surface area (Å²) in [5.74, 6) is -0.397. The van der Waals surface area contributed by atoms with Gasteiger partial charge in [0.05, 0.1) is 6.10 Å². The molecule has 0 radical (unpaired) electrons. The maximum absolute atomic E-state index is 11.0. The van der Waals surface area contributed by atoms with Crippen LogP contribution in [0.5, 0.6) is 0 Å². The summed E-state index contributed by atoms with van der Waals surface area (Å²) >= 11 is 0. The average molecular weight is 201 g/mol. The Morgan fingerprint density at radius 1 is 1.64 bits per heavy atom. The molecule has 1 aliphatic rings. The molecule has 2 unspecified atom stereocenters. The van der Waals surface area contributed by atoms with Gasteiger partial charge in [0.25, 0.3) is 0 Å². The van der Waals surface area contributed by atoms with E-state index in [1.807, 2.05) is 13.8 Å². The second-order valence-corrected chi connectivity index (χ2v) is 4.03. The number of hydrogen-bond donors (Lipinski definition) is 2. The Bertz CT molecular complexity index is 206. The molecular weight excluding hydrogens is 182 g/mol. The molecule has 0 spiro atoms. The minimum absolute atomic E-state index is 0.0417. The Morgan fingerprint density at radius 3 is 2.79 bits per heavy atom. The van der Waals surface area contributed by atoms with E-state index in [1.165, 1.54) is 0 Å². The summed E-state index contributed by atoms with van der Waals surface area (Å²) in [5.41, 5.74) is 10.9. The van der Waals surface area contributed by atoms with Crippen LogP contribution in [-0.2, 0) is 9.53 Å². The van der Waals surface area contributed by atoms with Crippen LogP contribution >= 0.6 is 0 Å². The molecule has 3 atom stereocenters. The Morgan fingerprint density at radius 2 is 2.29 bits per heavy atom. The monoisotopic (exact) mass is 201 g/mol. The van der Waals surface area contributed by atoms with Crippen molar-refractivity contribution >= 4 is 5.91 Å². The molecule has 0 aromatic rings. The van der Waals surface area contributed by atoms with E-state index in [-0.39, 0.29) is 12.1 Å². The first-order valence-corrected chi connectivity index (χ1v) is 4.91. The minimum Gasteiger partial charge on any atom is -0.367 e. The molecule has 0 saturated carbocycles. The summed E-state index contributed by atoms with van der Waals surface area (Å²) in [7, 11) is 0. The van der Waals surface area contributed by atoms with Crippen LogP contribution in [0.1, 0.15) is 13.8 Å². The number of rotatable bonds is 3. The van der Waals surface area contributed by atoms with Crippen LogP contribution in [0, 0.1) is 0 Å². The van der Waals surface area contributed by atoms with E-state index in [9.17, 15) is 4.79 Å². The van der Waals surface area contributed by atoms with Gasteiger partial charge in [-0.2, -0.15) is 0 Å². The molecule has 1 fully saturated rings. The smallest absolute Gasteiger partial charge is 0.247 e. The standard InChI is InChI=1S/C9H19N3O2/c1-6(10)3-12-4-7(2)14-8(5-12)9(11)13/h6-8H,3-5,10H2,1-2H3,(H2,11,13)/t6?,7-,8?/m1/s1. The summed E-state index contributed by atoms with van der Waals surface area (Å²) in [5, 5.41) is 0. The quantitative estimate of drug-likeness (QED) is 0.608. The lowest BCUT2D eigenvalue weighted by Gasteiger charge is -2.36. The van der Waals surface area contributed by atoms with E-state index in [0.717, 1.165) is 13.1 Å². The van der Waals surface area contributed by atoms with E-state index in [2.05, 4.69) is 4.90 Å². The van der Waals surface area contributed by atoms with Gasteiger partial charge in [-0.15, -0.1) is 0 Å². The molecule has 14 heavy (non-hydrogen) atoms. The lowest BCUT2D eigenvalue weighted by atomic mass is 10.2. The van der Waals surface area contributed by atoms with Crippen LogP contribution in [0.25, 0.3) is 0 Å². The third-order valence-corrected chi connectivity index (χ3v) is 2.20. The Hall–Kier alpha value is -0.650. The van der Waals surface area contributed by atoms with Crippen LogP contribution in [-0.4, -0.2) is 48.7 Å². The van der Waals surface area contributed by atoms with Gasteiger partial charge in [-0.3, -0.25) is 9.69 Å². The Balaban J connectivity index is 2.49. The van der Waals surface area contributed by atoms with Crippen molar-refractivity contribution in [2.75, 3.05) is 19.6 Å².